The van der Waals surface area contributed by atoms with Gasteiger partial charge in [0.2, 0.25) is 0 Å². The van der Waals surface area contributed by atoms with Gasteiger partial charge in [-0.15, -0.1) is 12.6 Å². The molecule has 0 aliphatic heterocycles. The van der Waals surface area contributed by atoms with E-state index in [1.54, 1.807) is 12.1 Å². The van der Waals surface area contributed by atoms with Crippen LogP contribution in [-0.4, -0.2) is 25.7 Å². The van der Waals surface area contributed by atoms with Crippen LogP contribution in [0.4, 0.5) is 0 Å². The molecule has 0 fully saturated rings. The Hall–Kier alpha value is -0.520. The van der Waals surface area contributed by atoms with Crippen molar-refractivity contribution in [3.63, 3.8) is 0 Å². The molecule has 0 aliphatic rings. The van der Waals surface area contributed by atoms with E-state index in [2.05, 4.69) is 33.9 Å². The summed E-state index contributed by atoms with van der Waals surface area (Å²) in [6, 6.07) is 5.35. The fourth-order valence-corrected chi connectivity index (χ4v) is 2.03. The van der Waals surface area contributed by atoms with Crippen LogP contribution in [-0.2, 0) is 4.74 Å². The van der Waals surface area contributed by atoms with Crippen molar-refractivity contribution in [3.8, 4) is 0 Å². The molecule has 0 bridgehead atoms. The number of hydrogen-bond acceptors (Lipinski definition) is 3. The molecule has 0 saturated carbocycles. The molecule has 1 aromatic carbocycles. The first-order valence-electron chi connectivity index (χ1n) is 4.99. The third kappa shape index (κ3) is 4.15. The lowest BCUT2D eigenvalue weighted by atomic mass is 10.2. The zero-order valence-electron chi connectivity index (χ0n) is 9.00. The number of ether oxygens (including phenoxy) is 1. The standard InChI is InChI=1S/C11H14BrNO2S/c1-2-15-6-5-13-11(14)9-4-3-8(12)7-10(9)16/h3-4,7,16H,2,5-6H2,1H3,(H,13,14). The number of amides is 1. The molecule has 0 heterocycles. The lowest BCUT2D eigenvalue weighted by Gasteiger charge is -2.07. The maximum Gasteiger partial charge on any atom is 0.252 e. The van der Waals surface area contributed by atoms with Gasteiger partial charge in [0.05, 0.1) is 12.2 Å². The molecule has 1 rings (SSSR count). The highest BCUT2D eigenvalue weighted by atomic mass is 79.9. The van der Waals surface area contributed by atoms with Gasteiger partial charge in [-0.2, -0.15) is 0 Å². The molecule has 3 nitrogen and oxygen atoms in total. The highest BCUT2D eigenvalue weighted by molar-refractivity contribution is 9.10. The van der Waals surface area contributed by atoms with E-state index in [4.69, 9.17) is 4.74 Å². The Kier molecular flexibility index (Phi) is 5.87. The Bertz CT molecular complexity index is 371. The Morgan fingerprint density at radius 1 is 1.56 bits per heavy atom. The van der Waals surface area contributed by atoms with Gasteiger partial charge in [-0.25, -0.2) is 0 Å². The van der Waals surface area contributed by atoms with Gasteiger partial charge in [0.15, 0.2) is 0 Å². The van der Waals surface area contributed by atoms with E-state index in [1.165, 1.54) is 0 Å². The molecule has 0 atom stereocenters. The molecule has 0 spiro atoms. The first-order valence-corrected chi connectivity index (χ1v) is 6.23. The zero-order chi connectivity index (χ0) is 12.0. The molecule has 88 valence electrons. The van der Waals surface area contributed by atoms with Gasteiger partial charge in [-0.1, -0.05) is 15.9 Å². The molecule has 1 amide bonds. The summed E-state index contributed by atoms with van der Waals surface area (Å²) < 4.78 is 6.03. The summed E-state index contributed by atoms with van der Waals surface area (Å²) in [5, 5.41) is 2.77. The van der Waals surface area contributed by atoms with Crippen molar-refractivity contribution in [1.82, 2.24) is 5.32 Å². The van der Waals surface area contributed by atoms with Gasteiger partial charge in [0.25, 0.3) is 5.91 Å². The topological polar surface area (TPSA) is 38.3 Å². The van der Waals surface area contributed by atoms with E-state index in [9.17, 15) is 4.79 Å². The number of benzene rings is 1. The van der Waals surface area contributed by atoms with Crippen LogP contribution in [0.3, 0.4) is 0 Å². The maximum absolute atomic E-state index is 11.7. The molecule has 5 heteroatoms. The normalized spacial score (nSPS) is 10.2. The lowest BCUT2D eigenvalue weighted by molar-refractivity contribution is 0.0920. The molecule has 0 aliphatic carbocycles. The van der Waals surface area contributed by atoms with Gasteiger partial charge < -0.3 is 10.1 Å². The van der Waals surface area contributed by atoms with Crippen molar-refractivity contribution in [2.45, 2.75) is 11.8 Å². The monoisotopic (exact) mass is 303 g/mol. The predicted octanol–water partition coefficient (Wildman–Crippen LogP) is 2.50. The van der Waals surface area contributed by atoms with Crippen LogP contribution in [0.25, 0.3) is 0 Å². The van der Waals surface area contributed by atoms with Gasteiger partial charge in [-0.3, -0.25) is 4.79 Å². The number of carbonyl (C=O) groups is 1. The Morgan fingerprint density at radius 2 is 2.31 bits per heavy atom. The lowest BCUT2D eigenvalue weighted by Crippen LogP contribution is -2.27. The van der Waals surface area contributed by atoms with E-state index in [-0.39, 0.29) is 5.91 Å². The highest BCUT2D eigenvalue weighted by Crippen LogP contribution is 2.19. The summed E-state index contributed by atoms with van der Waals surface area (Å²) in [4.78, 5) is 12.4. The smallest absolute Gasteiger partial charge is 0.252 e. The van der Waals surface area contributed by atoms with E-state index in [1.807, 2.05) is 13.0 Å². The number of halogens is 1. The summed E-state index contributed by atoms with van der Waals surface area (Å²) >= 11 is 7.57. The zero-order valence-corrected chi connectivity index (χ0v) is 11.5. The van der Waals surface area contributed by atoms with Crippen molar-refractivity contribution in [2.75, 3.05) is 19.8 Å². The molecule has 1 aromatic rings. The van der Waals surface area contributed by atoms with Crippen molar-refractivity contribution in [3.05, 3.63) is 28.2 Å². The molecule has 1 N–H and O–H groups in total. The highest BCUT2D eigenvalue weighted by Gasteiger charge is 2.08. The molecular weight excluding hydrogens is 290 g/mol. The van der Waals surface area contributed by atoms with Crippen molar-refractivity contribution in [2.24, 2.45) is 0 Å². The van der Waals surface area contributed by atoms with Crippen LogP contribution in [0.15, 0.2) is 27.6 Å². The third-order valence-corrected chi connectivity index (χ3v) is 2.80. The second-order valence-electron chi connectivity index (χ2n) is 3.11. The number of carbonyl (C=O) groups excluding carboxylic acids is 1. The Balaban J connectivity index is 2.53. The van der Waals surface area contributed by atoms with E-state index in [0.717, 1.165) is 4.47 Å². The fraction of sp³-hybridized carbons (Fsp3) is 0.364. The van der Waals surface area contributed by atoms with E-state index in [0.29, 0.717) is 30.2 Å². The minimum Gasteiger partial charge on any atom is -0.380 e. The summed E-state index contributed by atoms with van der Waals surface area (Å²) in [6.45, 7) is 3.62. The first kappa shape index (κ1) is 13.5. The van der Waals surface area contributed by atoms with E-state index < -0.39 is 0 Å². The van der Waals surface area contributed by atoms with Gasteiger partial charge in [0, 0.05) is 22.5 Å². The molecule has 0 radical (unpaired) electrons. The van der Waals surface area contributed by atoms with Crippen molar-refractivity contribution in [1.29, 1.82) is 0 Å². The second kappa shape index (κ2) is 6.93. The van der Waals surface area contributed by atoms with Crippen LogP contribution in [0.5, 0.6) is 0 Å². The predicted molar refractivity (Wildman–Crippen MR) is 70.2 cm³/mol. The molecular formula is C11H14BrNO2S. The van der Waals surface area contributed by atoms with Crippen LogP contribution in [0.1, 0.15) is 17.3 Å². The Labute approximate surface area is 109 Å². The average Bonchev–Trinajstić information content (AvgIpc) is 2.24. The van der Waals surface area contributed by atoms with Gasteiger partial charge in [-0.05, 0) is 25.1 Å². The van der Waals surface area contributed by atoms with Crippen molar-refractivity contribution < 1.29 is 9.53 Å². The van der Waals surface area contributed by atoms with Crippen LogP contribution in [0, 0.1) is 0 Å². The minimum absolute atomic E-state index is 0.128. The number of nitrogens with one attached hydrogen (secondary N) is 1. The van der Waals surface area contributed by atoms with E-state index >= 15 is 0 Å². The molecule has 0 unspecified atom stereocenters. The molecule has 0 aromatic heterocycles. The molecule has 0 saturated heterocycles. The number of hydrogen-bond donors (Lipinski definition) is 2. The summed E-state index contributed by atoms with van der Waals surface area (Å²) in [6.07, 6.45) is 0. The number of thiol groups is 1. The minimum atomic E-state index is -0.128. The fourth-order valence-electron chi connectivity index (χ4n) is 1.17. The first-order chi connectivity index (χ1) is 7.65. The van der Waals surface area contributed by atoms with Crippen LogP contribution >= 0.6 is 28.6 Å². The third-order valence-electron chi connectivity index (χ3n) is 1.94. The summed E-state index contributed by atoms with van der Waals surface area (Å²) in [5.74, 6) is -0.128. The average molecular weight is 304 g/mol. The Morgan fingerprint density at radius 3 is 2.94 bits per heavy atom. The molecule has 16 heavy (non-hydrogen) atoms. The second-order valence-corrected chi connectivity index (χ2v) is 4.51. The van der Waals surface area contributed by atoms with Gasteiger partial charge >= 0.3 is 0 Å². The van der Waals surface area contributed by atoms with Crippen LogP contribution in [0.2, 0.25) is 0 Å². The quantitative estimate of drug-likeness (QED) is 0.648. The summed E-state index contributed by atoms with van der Waals surface area (Å²) in [7, 11) is 0. The largest absolute Gasteiger partial charge is 0.380 e. The van der Waals surface area contributed by atoms with Crippen LogP contribution < -0.4 is 5.32 Å². The summed E-state index contributed by atoms with van der Waals surface area (Å²) in [5.41, 5.74) is 0.572. The van der Waals surface area contributed by atoms with Crippen molar-refractivity contribution >= 4 is 34.5 Å². The maximum atomic E-state index is 11.7. The van der Waals surface area contributed by atoms with Gasteiger partial charge in [0.1, 0.15) is 0 Å². The SMILES string of the molecule is CCOCCNC(=O)c1ccc(Br)cc1S. The number of rotatable bonds is 5.